The fourth-order valence-corrected chi connectivity index (χ4v) is 3.78. The van der Waals surface area contributed by atoms with Gasteiger partial charge in [-0.05, 0) is 16.8 Å². The van der Waals surface area contributed by atoms with Gasteiger partial charge < -0.3 is 16.0 Å². The first-order valence-electron chi connectivity index (χ1n) is 8.55. The van der Waals surface area contributed by atoms with E-state index in [1.807, 2.05) is 12.1 Å². The number of rotatable bonds is 1. The second-order valence-corrected chi connectivity index (χ2v) is 6.56. The summed E-state index contributed by atoms with van der Waals surface area (Å²) in [5.41, 5.74) is -3.19. The Bertz CT molecular complexity index is 1520. The SMILES string of the molecule is N.O=c1[nH]c(O)c(C2c3c([nH]c(=O)[nH]c3=O)Oc3ccc4ccccc4c32)c(=O)[nH]1. The van der Waals surface area contributed by atoms with E-state index in [4.69, 9.17) is 4.74 Å². The molecule has 1 aliphatic rings. The van der Waals surface area contributed by atoms with Crippen LogP contribution in [0.2, 0.25) is 0 Å². The molecule has 8 N–H and O–H groups in total. The van der Waals surface area contributed by atoms with Gasteiger partial charge in [-0.3, -0.25) is 29.5 Å². The lowest BCUT2D eigenvalue weighted by Gasteiger charge is -2.28. The number of aromatic amines is 4. The molecule has 1 atom stereocenters. The van der Waals surface area contributed by atoms with Gasteiger partial charge in [0.25, 0.3) is 11.1 Å². The van der Waals surface area contributed by atoms with Crippen LogP contribution in [-0.2, 0) is 0 Å². The van der Waals surface area contributed by atoms with Gasteiger partial charge in [-0.15, -0.1) is 0 Å². The van der Waals surface area contributed by atoms with Crippen molar-refractivity contribution < 1.29 is 9.84 Å². The molecule has 5 rings (SSSR count). The van der Waals surface area contributed by atoms with Crippen molar-refractivity contribution in [3.05, 3.63) is 94.8 Å². The van der Waals surface area contributed by atoms with E-state index in [9.17, 15) is 24.3 Å². The third kappa shape index (κ3) is 2.64. The van der Waals surface area contributed by atoms with E-state index in [0.29, 0.717) is 16.7 Å². The van der Waals surface area contributed by atoms with Crippen molar-refractivity contribution >= 4 is 10.8 Å². The lowest BCUT2D eigenvalue weighted by molar-refractivity contribution is 0.417. The average molecular weight is 409 g/mol. The number of hydrogen-bond donors (Lipinski definition) is 6. The van der Waals surface area contributed by atoms with Crippen molar-refractivity contribution in [3.63, 3.8) is 0 Å². The number of benzene rings is 2. The number of aromatic hydroxyl groups is 1. The first-order valence-corrected chi connectivity index (χ1v) is 8.55. The highest BCUT2D eigenvalue weighted by molar-refractivity contribution is 5.90. The highest BCUT2D eigenvalue weighted by atomic mass is 16.5. The highest BCUT2D eigenvalue weighted by Crippen LogP contribution is 2.47. The zero-order chi connectivity index (χ0) is 20.3. The predicted molar refractivity (Wildman–Crippen MR) is 107 cm³/mol. The van der Waals surface area contributed by atoms with E-state index in [2.05, 4.69) is 19.9 Å². The molecule has 152 valence electrons. The summed E-state index contributed by atoms with van der Waals surface area (Å²) in [6, 6.07) is 10.7. The van der Waals surface area contributed by atoms with E-state index in [1.54, 1.807) is 24.3 Å². The minimum Gasteiger partial charge on any atom is -0.494 e. The van der Waals surface area contributed by atoms with E-state index in [0.717, 1.165) is 5.39 Å². The number of fused-ring (bicyclic) bond motifs is 4. The summed E-state index contributed by atoms with van der Waals surface area (Å²) in [7, 11) is 0. The molecular weight excluding hydrogens is 394 g/mol. The average Bonchev–Trinajstić information content (AvgIpc) is 2.66. The molecule has 0 amide bonds. The van der Waals surface area contributed by atoms with Gasteiger partial charge in [-0.2, -0.15) is 0 Å². The Morgan fingerprint density at radius 3 is 2.17 bits per heavy atom. The second-order valence-electron chi connectivity index (χ2n) is 6.56. The summed E-state index contributed by atoms with van der Waals surface area (Å²) in [4.78, 5) is 57.3. The molecule has 2 aromatic carbocycles. The molecule has 0 fully saturated rings. The van der Waals surface area contributed by atoms with Crippen LogP contribution in [0.4, 0.5) is 0 Å². The maximum Gasteiger partial charge on any atom is 0.328 e. The van der Waals surface area contributed by atoms with E-state index < -0.39 is 34.3 Å². The molecular formula is C19H15N5O6. The van der Waals surface area contributed by atoms with Crippen molar-refractivity contribution in [3.8, 4) is 17.5 Å². The molecule has 30 heavy (non-hydrogen) atoms. The molecule has 0 bridgehead atoms. The summed E-state index contributed by atoms with van der Waals surface area (Å²) in [5.74, 6) is -1.63. The van der Waals surface area contributed by atoms with Crippen molar-refractivity contribution in [1.29, 1.82) is 0 Å². The van der Waals surface area contributed by atoms with Crippen molar-refractivity contribution in [2.75, 3.05) is 0 Å². The van der Waals surface area contributed by atoms with Gasteiger partial charge >= 0.3 is 11.4 Å². The summed E-state index contributed by atoms with van der Waals surface area (Å²) in [6.07, 6.45) is 0. The number of nitrogens with one attached hydrogen (secondary N) is 4. The molecule has 3 heterocycles. The summed E-state index contributed by atoms with van der Waals surface area (Å²) < 4.78 is 5.76. The lowest BCUT2D eigenvalue weighted by Crippen LogP contribution is -2.34. The molecule has 11 heteroatoms. The molecule has 4 aromatic rings. The Kier molecular flexibility index (Phi) is 4.17. The van der Waals surface area contributed by atoms with Crippen molar-refractivity contribution in [2.45, 2.75) is 5.92 Å². The first kappa shape index (κ1) is 19.0. The molecule has 0 spiro atoms. The first-order chi connectivity index (χ1) is 13.9. The Balaban J connectivity index is 0.00000218. The van der Waals surface area contributed by atoms with Gasteiger partial charge in [-0.1, -0.05) is 30.3 Å². The van der Waals surface area contributed by atoms with Gasteiger partial charge in [0.15, 0.2) is 0 Å². The molecule has 0 saturated carbocycles. The molecule has 1 unspecified atom stereocenters. The van der Waals surface area contributed by atoms with Crippen LogP contribution in [0.15, 0.2) is 55.6 Å². The smallest absolute Gasteiger partial charge is 0.328 e. The van der Waals surface area contributed by atoms with Crippen LogP contribution in [0.25, 0.3) is 10.8 Å². The van der Waals surface area contributed by atoms with E-state index >= 15 is 0 Å². The minimum absolute atomic E-state index is 0. The number of ether oxygens (including phenoxy) is 1. The van der Waals surface area contributed by atoms with Crippen molar-refractivity contribution in [1.82, 2.24) is 26.1 Å². The largest absolute Gasteiger partial charge is 0.494 e. The molecule has 2 aromatic heterocycles. The standard InChI is InChI=1S/C19H12N4O6.H3N/c24-14-12(15(25)21-18(27)20-14)11-10-8-4-2-1-3-7(8)5-6-9(10)29-17-13(11)16(26)22-19(28)23-17;/h1-6,11H,(H2,22,23,26,28)(H3,20,21,24,25,27);1H3. The summed E-state index contributed by atoms with van der Waals surface area (Å²) in [6.45, 7) is 0. The Morgan fingerprint density at radius 2 is 1.43 bits per heavy atom. The molecule has 0 aliphatic carbocycles. The topological polar surface area (TPSA) is 196 Å². The van der Waals surface area contributed by atoms with Crippen LogP contribution >= 0.6 is 0 Å². The van der Waals surface area contributed by atoms with Gasteiger partial charge in [-0.25, -0.2) is 9.59 Å². The summed E-state index contributed by atoms with van der Waals surface area (Å²) >= 11 is 0. The number of hydrogen-bond acceptors (Lipinski definition) is 7. The van der Waals surface area contributed by atoms with Crippen LogP contribution in [0.1, 0.15) is 22.6 Å². The minimum atomic E-state index is -1.11. The second kappa shape index (κ2) is 6.60. The Morgan fingerprint density at radius 1 is 0.767 bits per heavy atom. The molecule has 0 radical (unpaired) electrons. The van der Waals surface area contributed by atoms with Crippen LogP contribution in [0, 0.1) is 0 Å². The highest BCUT2D eigenvalue weighted by Gasteiger charge is 2.37. The van der Waals surface area contributed by atoms with Crippen LogP contribution < -0.4 is 33.4 Å². The monoisotopic (exact) mass is 409 g/mol. The van der Waals surface area contributed by atoms with Crippen LogP contribution in [0.5, 0.6) is 17.5 Å². The third-order valence-corrected chi connectivity index (χ3v) is 4.91. The third-order valence-electron chi connectivity index (χ3n) is 4.91. The Labute approximate surface area is 165 Å². The zero-order valence-corrected chi connectivity index (χ0v) is 15.2. The van der Waals surface area contributed by atoms with Crippen LogP contribution in [-0.4, -0.2) is 25.0 Å². The Hall–Kier alpha value is -4.38. The lowest BCUT2D eigenvalue weighted by atomic mass is 9.82. The van der Waals surface area contributed by atoms with Crippen molar-refractivity contribution in [2.24, 2.45) is 0 Å². The van der Waals surface area contributed by atoms with Gasteiger partial charge in [0.1, 0.15) is 5.75 Å². The fraction of sp³-hybridized carbons (Fsp3) is 0.0526. The van der Waals surface area contributed by atoms with E-state index in [1.165, 1.54) is 0 Å². The van der Waals surface area contributed by atoms with Crippen LogP contribution in [0.3, 0.4) is 0 Å². The maximum atomic E-state index is 12.7. The maximum absolute atomic E-state index is 12.7. The van der Waals surface area contributed by atoms with Gasteiger partial charge in [0.2, 0.25) is 11.8 Å². The van der Waals surface area contributed by atoms with Gasteiger partial charge in [0, 0.05) is 5.56 Å². The predicted octanol–water partition coefficient (Wildman–Crippen LogP) is 0.746. The number of H-pyrrole nitrogens is 4. The summed E-state index contributed by atoms with van der Waals surface area (Å²) in [5, 5.41) is 11.9. The zero-order valence-electron chi connectivity index (χ0n) is 15.2. The molecule has 11 nitrogen and oxygen atoms in total. The quantitative estimate of drug-likeness (QED) is 0.235. The normalized spacial score (nSPS) is 14.3. The molecule has 1 aliphatic heterocycles. The number of aromatic nitrogens is 4. The molecule has 0 saturated heterocycles. The van der Waals surface area contributed by atoms with Gasteiger partial charge in [0.05, 0.1) is 17.0 Å². The fourth-order valence-electron chi connectivity index (χ4n) is 3.78. The van der Waals surface area contributed by atoms with E-state index in [-0.39, 0.29) is 23.2 Å².